The summed E-state index contributed by atoms with van der Waals surface area (Å²) in [5.74, 6) is -0.319. The quantitative estimate of drug-likeness (QED) is 0.0755. The van der Waals surface area contributed by atoms with Crippen molar-refractivity contribution in [3.63, 3.8) is 0 Å². The van der Waals surface area contributed by atoms with Crippen molar-refractivity contribution in [2.45, 2.75) is 242 Å². The zero-order valence-corrected chi connectivity index (χ0v) is 44.1. The Morgan fingerprint density at radius 1 is 0.635 bits per heavy atom. The first-order chi connectivity index (χ1) is 34.6. The summed E-state index contributed by atoms with van der Waals surface area (Å²) >= 11 is 0. The van der Waals surface area contributed by atoms with Crippen LogP contribution in [0, 0.1) is 50.2 Å². The van der Waals surface area contributed by atoms with Crippen LogP contribution in [0.1, 0.15) is 120 Å². The third-order valence-electron chi connectivity index (χ3n) is 21.0. The molecule has 21 heteroatoms. The molecule has 0 amide bonds. The van der Waals surface area contributed by atoms with Crippen molar-refractivity contribution in [2.75, 3.05) is 19.8 Å². The first kappa shape index (κ1) is 57.1. The van der Waals surface area contributed by atoms with Gasteiger partial charge in [0.1, 0.15) is 85.5 Å². The first-order valence-electron chi connectivity index (χ1n) is 27.1. The number of hydrogen-bond acceptors (Lipinski definition) is 21. The van der Waals surface area contributed by atoms with E-state index in [4.69, 9.17) is 37.9 Å². The SMILES string of the molecule is C[C@@H]1O[C@@H](O[C@H]2[C@H](O[C@H]3CC[C@@]4(C)C(CC[C@]5(C)C4CC=C4C6CC(C)(C)CC[C@]6(C(=O)O[C@@H]6O[C@H](CO[C@@H]7O[C@H](CO)[C@@H](O)[C@H](O)[C@H]7O)[C@@H](O)[C@H](O)[C@H]6O)CC[C@]45C)C3(C)C)OC[C@H](O)[C@@H]2O)[C@H](O)[C@H](O)[C@H]1O. The summed E-state index contributed by atoms with van der Waals surface area (Å²) in [5.41, 5.74) is -0.885. The van der Waals surface area contributed by atoms with E-state index in [2.05, 4.69) is 54.5 Å². The highest BCUT2D eigenvalue weighted by molar-refractivity contribution is 5.79. The molecular weight excluding hydrogens is 973 g/mol. The highest BCUT2D eigenvalue weighted by Crippen LogP contribution is 2.76. The standard InChI is InChI=1S/C53H86O21/c1-23-32(56)36(60)40(64)44(69-23)73-42-33(57)26(55)21-67-46(42)72-31-12-13-50(6)29(49(31,4)5)11-14-52(8)30(50)10-9-24-25-19-48(2,3)15-17-53(25,18-16-51(24,52)7)47(66)74-45-41(65)38(62)35(59)28(71-45)22-68-43-39(63)37(61)34(58)27(20-54)70-43/h9,23,25-46,54-65H,10-22H2,1-8H3/t23-,25?,26-,27+,28+,29?,30?,31-,32-,33-,34+,35+,36+,37-,38-,39+,40+,41+,42+,43+,44-,45-,46-,50-,51+,52+,53-/m0/s1. The van der Waals surface area contributed by atoms with Crippen molar-refractivity contribution in [3.8, 4) is 0 Å². The van der Waals surface area contributed by atoms with E-state index in [1.54, 1.807) is 0 Å². The van der Waals surface area contributed by atoms with Crippen LogP contribution in [0.5, 0.6) is 0 Å². The molecule has 8 fully saturated rings. The highest BCUT2D eigenvalue weighted by Gasteiger charge is 2.70. The first-order valence-corrected chi connectivity index (χ1v) is 27.1. The number of carbonyl (C=O) groups is 1. The maximum Gasteiger partial charge on any atom is 0.315 e. The Bertz CT molecular complexity index is 2040. The molecule has 4 saturated heterocycles. The molecule has 0 aromatic rings. The zero-order chi connectivity index (χ0) is 54.0. The van der Waals surface area contributed by atoms with Gasteiger partial charge < -0.3 is 99.2 Å². The van der Waals surface area contributed by atoms with Crippen LogP contribution in [-0.2, 0) is 42.7 Å². The minimum Gasteiger partial charge on any atom is -0.432 e. The number of hydrogen-bond donors (Lipinski definition) is 12. The molecule has 0 aromatic heterocycles. The summed E-state index contributed by atoms with van der Waals surface area (Å²) in [6.07, 6.45) is -19.2. The second-order valence-corrected chi connectivity index (χ2v) is 25.8. The fraction of sp³-hybridized carbons (Fsp3) is 0.943. The molecule has 0 spiro atoms. The summed E-state index contributed by atoms with van der Waals surface area (Å²) in [5, 5.41) is 127. The van der Waals surface area contributed by atoms with Crippen LogP contribution < -0.4 is 0 Å². The van der Waals surface area contributed by atoms with Gasteiger partial charge in [0.25, 0.3) is 0 Å². The van der Waals surface area contributed by atoms with Gasteiger partial charge in [-0.1, -0.05) is 60.1 Å². The molecule has 4 saturated carbocycles. The van der Waals surface area contributed by atoms with Crippen LogP contribution in [0.2, 0.25) is 0 Å². The Balaban J connectivity index is 0.920. The van der Waals surface area contributed by atoms with Crippen molar-refractivity contribution in [3.05, 3.63) is 11.6 Å². The average Bonchev–Trinajstić information content (AvgIpc) is 3.35. The minimum absolute atomic E-state index is 0.114. The fourth-order valence-electron chi connectivity index (χ4n) is 16.1. The lowest BCUT2D eigenvalue weighted by atomic mass is 9.33. The molecule has 3 unspecified atom stereocenters. The van der Waals surface area contributed by atoms with Crippen molar-refractivity contribution in [1.82, 2.24) is 0 Å². The highest BCUT2D eigenvalue weighted by atomic mass is 16.8. The maximum atomic E-state index is 15.1. The second kappa shape index (κ2) is 20.5. The molecule has 12 N–H and O–H groups in total. The van der Waals surface area contributed by atoms with Crippen molar-refractivity contribution in [1.29, 1.82) is 0 Å². The minimum atomic E-state index is -1.82. The van der Waals surface area contributed by atoms with Gasteiger partial charge in [0.05, 0.1) is 37.4 Å². The molecule has 74 heavy (non-hydrogen) atoms. The van der Waals surface area contributed by atoms with E-state index < -0.39 is 147 Å². The van der Waals surface area contributed by atoms with E-state index >= 15 is 4.79 Å². The van der Waals surface area contributed by atoms with E-state index in [1.165, 1.54) is 12.5 Å². The van der Waals surface area contributed by atoms with Gasteiger partial charge in [-0.3, -0.25) is 4.79 Å². The number of esters is 1. The lowest BCUT2D eigenvalue weighted by Crippen LogP contribution is -2.66. The number of carbonyl (C=O) groups excluding carboxylic acids is 1. The Hall–Kier alpha value is -1.55. The molecule has 9 rings (SSSR count). The summed E-state index contributed by atoms with van der Waals surface area (Å²) in [4.78, 5) is 15.1. The van der Waals surface area contributed by atoms with Gasteiger partial charge in [0, 0.05) is 0 Å². The average molecular weight is 1060 g/mol. The van der Waals surface area contributed by atoms with Crippen LogP contribution in [0.15, 0.2) is 11.6 Å². The summed E-state index contributed by atoms with van der Waals surface area (Å²) in [7, 11) is 0. The maximum absolute atomic E-state index is 15.1. The summed E-state index contributed by atoms with van der Waals surface area (Å²) < 4.78 is 47.8. The van der Waals surface area contributed by atoms with Crippen LogP contribution in [0.4, 0.5) is 0 Å². The lowest BCUT2D eigenvalue weighted by molar-refractivity contribution is -0.364. The van der Waals surface area contributed by atoms with E-state index in [-0.39, 0.29) is 52.1 Å². The number of ether oxygens (including phenoxy) is 8. The molecule has 424 valence electrons. The lowest BCUT2D eigenvalue weighted by Gasteiger charge is -2.71. The molecule has 21 nitrogen and oxygen atoms in total. The molecular formula is C53H86O21. The van der Waals surface area contributed by atoms with Gasteiger partial charge in [-0.15, -0.1) is 0 Å². The number of allylic oxidation sites excluding steroid dienone is 2. The Morgan fingerprint density at radius 3 is 1.95 bits per heavy atom. The summed E-state index contributed by atoms with van der Waals surface area (Å²) in [6.45, 7) is 16.2. The van der Waals surface area contributed by atoms with Crippen LogP contribution in [0.25, 0.3) is 0 Å². The monoisotopic (exact) mass is 1060 g/mol. The predicted molar refractivity (Wildman–Crippen MR) is 255 cm³/mol. The molecule has 4 aliphatic heterocycles. The van der Waals surface area contributed by atoms with Gasteiger partial charge in [-0.25, -0.2) is 0 Å². The number of rotatable bonds is 10. The molecule has 27 atom stereocenters. The Labute approximate surface area is 433 Å². The van der Waals surface area contributed by atoms with Crippen LogP contribution >= 0.6 is 0 Å². The predicted octanol–water partition coefficient (Wildman–Crippen LogP) is -0.369. The van der Waals surface area contributed by atoms with E-state index in [0.29, 0.717) is 32.1 Å². The van der Waals surface area contributed by atoms with Crippen molar-refractivity contribution < 1.29 is 104 Å². The Kier molecular flexibility index (Phi) is 15.8. The van der Waals surface area contributed by atoms with E-state index in [0.717, 1.165) is 32.1 Å². The third kappa shape index (κ3) is 9.27. The fourth-order valence-corrected chi connectivity index (χ4v) is 16.1. The molecule has 5 aliphatic carbocycles. The van der Waals surface area contributed by atoms with Crippen LogP contribution in [-0.4, -0.2) is 210 Å². The second-order valence-electron chi connectivity index (χ2n) is 25.8. The Morgan fingerprint density at radius 2 is 1.26 bits per heavy atom. The number of aliphatic hydroxyl groups excluding tert-OH is 12. The smallest absolute Gasteiger partial charge is 0.315 e. The van der Waals surface area contributed by atoms with Gasteiger partial charge in [0.15, 0.2) is 18.9 Å². The molecule has 0 radical (unpaired) electrons. The van der Waals surface area contributed by atoms with Gasteiger partial charge >= 0.3 is 5.97 Å². The van der Waals surface area contributed by atoms with Crippen molar-refractivity contribution >= 4 is 5.97 Å². The van der Waals surface area contributed by atoms with Gasteiger partial charge in [0.2, 0.25) is 6.29 Å². The van der Waals surface area contributed by atoms with Crippen LogP contribution in [0.3, 0.4) is 0 Å². The number of aliphatic hydroxyl groups is 12. The van der Waals surface area contributed by atoms with Gasteiger partial charge in [-0.05, 0) is 116 Å². The summed E-state index contributed by atoms with van der Waals surface area (Å²) in [6, 6.07) is 0. The normalized spacial score (nSPS) is 54.1. The zero-order valence-electron chi connectivity index (χ0n) is 44.1. The number of fused-ring (bicyclic) bond motifs is 7. The van der Waals surface area contributed by atoms with Crippen molar-refractivity contribution in [2.24, 2.45) is 50.2 Å². The molecule has 0 bridgehead atoms. The van der Waals surface area contributed by atoms with E-state index in [1.807, 2.05) is 0 Å². The molecule has 9 aliphatic rings. The van der Waals surface area contributed by atoms with Gasteiger partial charge in [-0.2, -0.15) is 0 Å². The van der Waals surface area contributed by atoms with E-state index in [9.17, 15) is 61.3 Å². The molecule has 0 aromatic carbocycles. The topological polar surface area (TPSA) is 334 Å². The molecule has 4 heterocycles. The largest absolute Gasteiger partial charge is 0.432 e. The third-order valence-corrected chi connectivity index (χ3v) is 21.0.